The van der Waals surface area contributed by atoms with Crippen molar-refractivity contribution >= 4 is 22.9 Å². The number of hydrogen-bond acceptors (Lipinski definition) is 3. The molecule has 94 valence electrons. The standard InChI is InChI=1S/C13H16N4S/c1-9-7-10(3-4-11(9)13(14)18)16-8-12-15-5-6-17(12)2/h3-7,16H,8H2,1-2H3,(H2,14,18). The number of aryl methyl sites for hydroxylation is 2. The predicted molar refractivity (Wildman–Crippen MR) is 77.6 cm³/mol. The lowest BCUT2D eigenvalue weighted by Gasteiger charge is -2.09. The highest BCUT2D eigenvalue weighted by Crippen LogP contribution is 2.15. The number of rotatable bonds is 4. The highest BCUT2D eigenvalue weighted by molar-refractivity contribution is 7.80. The van der Waals surface area contributed by atoms with Crippen LogP contribution in [0.15, 0.2) is 30.6 Å². The van der Waals surface area contributed by atoms with Crippen LogP contribution in [0.2, 0.25) is 0 Å². The van der Waals surface area contributed by atoms with E-state index in [1.165, 1.54) is 0 Å². The van der Waals surface area contributed by atoms with E-state index in [0.717, 1.165) is 22.6 Å². The molecule has 0 amide bonds. The number of imidazole rings is 1. The van der Waals surface area contributed by atoms with Gasteiger partial charge < -0.3 is 15.6 Å². The van der Waals surface area contributed by atoms with Gasteiger partial charge in [-0.3, -0.25) is 0 Å². The summed E-state index contributed by atoms with van der Waals surface area (Å²) >= 11 is 4.98. The molecule has 0 saturated carbocycles. The normalized spacial score (nSPS) is 10.3. The Morgan fingerprint density at radius 1 is 1.50 bits per heavy atom. The highest BCUT2D eigenvalue weighted by Gasteiger charge is 2.03. The van der Waals surface area contributed by atoms with Crippen LogP contribution in [-0.2, 0) is 13.6 Å². The summed E-state index contributed by atoms with van der Waals surface area (Å²) in [7, 11) is 1.98. The Labute approximate surface area is 112 Å². The van der Waals surface area contributed by atoms with Gasteiger partial charge in [-0.15, -0.1) is 0 Å². The van der Waals surface area contributed by atoms with E-state index < -0.39 is 0 Å². The molecule has 0 fully saturated rings. The second-order valence-corrected chi connectivity index (χ2v) is 4.64. The second-order valence-electron chi connectivity index (χ2n) is 4.20. The number of nitrogens with zero attached hydrogens (tertiary/aromatic N) is 2. The Kier molecular flexibility index (Phi) is 3.62. The zero-order valence-electron chi connectivity index (χ0n) is 10.5. The third-order valence-corrected chi connectivity index (χ3v) is 3.08. The van der Waals surface area contributed by atoms with Crippen LogP contribution in [0.1, 0.15) is 17.0 Å². The predicted octanol–water partition coefficient (Wildman–Crippen LogP) is 1.97. The molecule has 0 unspecified atom stereocenters. The van der Waals surface area contributed by atoms with Gasteiger partial charge in [0.1, 0.15) is 10.8 Å². The van der Waals surface area contributed by atoms with Crippen molar-refractivity contribution in [2.75, 3.05) is 5.32 Å². The molecule has 0 radical (unpaired) electrons. The van der Waals surface area contributed by atoms with Gasteiger partial charge >= 0.3 is 0 Å². The number of nitrogens with one attached hydrogen (secondary N) is 1. The van der Waals surface area contributed by atoms with Gasteiger partial charge in [-0.2, -0.15) is 0 Å². The first kappa shape index (κ1) is 12.6. The molecule has 0 saturated heterocycles. The molecule has 5 heteroatoms. The van der Waals surface area contributed by atoms with Crippen molar-refractivity contribution in [2.24, 2.45) is 12.8 Å². The van der Waals surface area contributed by atoms with Crippen molar-refractivity contribution in [3.05, 3.63) is 47.5 Å². The summed E-state index contributed by atoms with van der Waals surface area (Å²) < 4.78 is 1.99. The van der Waals surface area contributed by atoms with Crippen molar-refractivity contribution in [2.45, 2.75) is 13.5 Å². The number of nitrogens with two attached hydrogens (primary N) is 1. The zero-order chi connectivity index (χ0) is 13.1. The summed E-state index contributed by atoms with van der Waals surface area (Å²) in [5, 5.41) is 3.33. The molecule has 2 aromatic rings. The summed E-state index contributed by atoms with van der Waals surface area (Å²) in [5.41, 5.74) is 8.67. The van der Waals surface area contributed by atoms with Gasteiger partial charge in [0.05, 0.1) is 6.54 Å². The monoisotopic (exact) mass is 260 g/mol. The molecule has 0 aliphatic rings. The van der Waals surface area contributed by atoms with Crippen LogP contribution in [-0.4, -0.2) is 14.5 Å². The van der Waals surface area contributed by atoms with Crippen LogP contribution in [0, 0.1) is 6.92 Å². The second kappa shape index (κ2) is 5.18. The lowest BCUT2D eigenvalue weighted by Crippen LogP contribution is -2.11. The van der Waals surface area contributed by atoms with Crippen molar-refractivity contribution in [1.29, 1.82) is 0 Å². The maximum Gasteiger partial charge on any atom is 0.127 e. The smallest absolute Gasteiger partial charge is 0.127 e. The Morgan fingerprint density at radius 2 is 2.28 bits per heavy atom. The Hall–Kier alpha value is -1.88. The molecule has 0 aliphatic carbocycles. The molecular weight excluding hydrogens is 244 g/mol. The quantitative estimate of drug-likeness (QED) is 0.825. The minimum absolute atomic E-state index is 0.433. The summed E-state index contributed by atoms with van der Waals surface area (Å²) in [5.74, 6) is 0.992. The van der Waals surface area contributed by atoms with Crippen LogP contribution < -0.4 is 11.1 Å². The van der Waals surface area contributed by atoms with E-state index >= 15 is 0 Å². The Bertz CT molecular complexity index is 574. The highest BCUT2D eigenvalue weighted by atomic mass is 32.1. The minimum Gasteiger partial charge on any atom is -0.389 e. The van der Waals surface area contributed by atoms with Gasteiger partial charge in [0.2, 0.25) is 0 Å². The average Bonchev–Trinajstić information content (AvgIpc) is 2.72. The van der Waals surface area contributed by atoms with Crippen molar-refractivity contribution in [3.8, 4) is 0 Å². The molecule has 1 aromatic carbocycles. The van der Waals surface area contributed by atoms with E-state index in [4.69, 9.17) is 18.0 Å². The van der Waals surface area contributed by atoms with Gasteiger partial charge in [0.15, 0.2) is 0 Å². The first-order chi connectivity index (χ1) is 8.58. The summed E-state index contributed by atoms with van der Waals surface area (Å²) in [4.78, 5) is 4.69. The number of anilines is 1. The Balaban J connectivity index is 2.09. The first-order valence-corrected chi connectivity index (χ1v) is 6.09. The molecule has 3 N–H and O–H groups in total. The molecule has 0 aliphatic heterocycles. The third kappa shape index (κ3) is 2.68. The molecule has 1 heterocycles. The molecule has 2 rings (SSSR count). The van der Waals surface area contributed by atoms with Crippen LogP contribution >= 0.6 is 12.2 Å². The van der Waals surface area contributed by atoms with Gasteiger partial charge in [-0.05, 0) is 30.7 Å². The SMILES string of the molecule is Cc1cc(NCc2nccn2C)ccc1C(N)=S. The number of thiocarbonyl (C=S) groups is 1. The molecular formula is C13H16N4S. The minimum atomic E-state index is 0.433. The molecule has 18 heavy (non-hydrogen) atoms. The first-order valence-electron chi connectivity index (χ1n) is 5.68. The summed E-state index contributed by atoms with van der Waals surface area (Å²) in [6.07, 6.45) is 3.72. The van der Waals surface area contributed by atoms with E-state index in [-0.39, 0.29) is 0 Å². The van der Waals surface area contributed by atoms with E-state index in [2.05, 4.69) is 10.3 Å². The van der Waals surface area contributed by atoms with E-state index in [1.54, 1.807) is 6.20 Å². The van der Waals surface area contributed by atoms with Gasteiger partial charge in [-0.25, -0.2) is 4.98 Å². The number of hydrogen-bond donors (Lipinski definition) is 2. The fraction of sp³-hybridized carbons (Fsp3) is 0.231. The van der Waals surface area contributed by atoms with Crippen molar-refractivity contribution < 1.29 is 0 Å². The number of aromatic nitrogens is 2. The Morgan fingerprint density at radius 3 is 2.83 bits per heavy atom. The van der Waals surface area contributed by atoms with E-state index in [0.29, 0.717) is 11.5 Å². The topological polar surface area (TPSA) is 55.9 Å². The molecule has 0 bridgehead atoms. The van der Waals surface area contributed by atoms with Crippen LogP contribution in [0.3, 0.4) is 0 Å². The lowest BCUT2D eigenvalue weighted by molar-refractivity contribution is 0.813. The van der Waals surface area contributed by atoms with Crippen LogP contribution in [0.25, 0.3) is 0 Å². The fourth-order valence-corrected chi connectivity index (χ4v) is 2.03. The summed E-state index contributed by atoms with van der Waals surface area (Å²) in [6.45, 7) is 2.69. The third-order valence-electron chi connectivity index (χ3n) is 2.86. The molecule has 0 spiro atoms. The zero-order valence-corrected chi connectivity index (χ0v) is 11.3. The van der Waals surface area contributed by atoms with Crippen LogP contribution in [0.5, 0.6) is 0 Å². The molecule has 1 aromatic heterocycles. The van der Waals surface area contributed by atoms with E-state index in [1.807, 2.05) is 42.9 Å². The van der Waals surface area contributed by atoms with E-state index in [9.17, 15) is 0 Å². The molecule has 4 nitrogen and oxygen atoms in total. The maximum atomic E-state index is 5.63. The number of benzene rings is 1. The van der Waals surface area contributed by atoms with Crippen molar-refractivity contribution in [1.82, 2.24) is 9.55 Å². The van der Waals surface area contributed by atoms with Crippen molar-refractivity contribution in [3.63, 3.8) is 0 Å². The average molecular weight is 260 g/mol. The van der Waals surface area contributed by atoms with Gasteiger partial charge in [-0.1, -0.05) is 12.2 Å². The van der Waals surface area contributed by atoms with Gasteiger partial charge in [0, 0.05) is 30.7 Å². The van der Waals surface area contributed by atoms with Gasteiger partial charge in [0.25, 0.3) is 0 Å². The molecule has 0 atom stereocenters. The lowest BCUT2D eigenvalue weighted by atomic mass is 10.1. The maximum absolute atomic E-state index is 5.63. The van der Waals surface area contributed by atoms with Crippen LogP contribution in [0.4, 0.5) is 5.69 Å². The largest absolute Gasteiger partial charge is 0.389 e. The fourth-order valence-electron chi connectivity index (χ4n) is 1.80. The summed E-state index contributed by atoms with van der Waals surface area (Å²) in [6, 6.07) is 5.96.